The van der Waals surface area contributed by atoms with E-state index in [-0.39, 0.29) is 23.1 Å². The lowest BCUT2D eigenvalue weighted by Crippen LogP contribution is -2.45. The molecule has 28 heavy (non-hydrogen) atoms. The Hall–Kier alpha value is -2.01. The van der Waals surface area contributed by atoms with Crippen molar-refractivity contribution in [2.45, 2.75) is 38.4 Å². The molecule has 2 aromatic rings. The van der Waals surface area contributed by atoms with Crippen LogP contribution >= 0.6 is 0 Å². The van der Waals surface area contributed by atoms with E-state index in [9.17, 15) is 26.0 Å². The smallest absolute Gasteiger partial charge is 0.356 e. The van der Waals surface area contributed by atoms with E-state index in [1.54, 1.807) is 11.8 Å². The molecule has 1 aromatic heterocycles. The molecule has 2 heterocycles. The first-order chi connectivity index (χ1) is 13.1. The van der Waals surface area contributed by atoms with Gasteiger partial charge in [-0.05, 0) is 31.4 Å². The summed E-state index contributed by atoms with van der Waals surface area (Å²) < 4.78 is 79.4. The van der Waals surface area contributed by atoms with E-state index < -0.39 is 27.8 Å². The van der Waals surface area contributed by atoms with E-state index in [1.165, 1.54) is 6.07 Å². The second-order valence-corrected chi connectivity index (χ2v) is 8.60. The normalized spacial score (nSPS) is 16.7. The quantitative estimate of drug-likeness (QED) is 0.753. The molecule has 6 nitrogen and oxygen atoms in total. The van der Waals surface area contributed by atoms with Crippen molar-refractivity contribution >= 4 is 26.7 Å². The fourth-order valence-corrected chi connectivity index (χ4v) is 4.64. The molecule has 0 saturated carbocycles. The van der Waals surface area contributed by atoms with Crippen molar-refractivity contribution in [1.29, 1.82) is 0 Å². The van der Waals surface area contributed by atoms with Gasteiger partial charge in [-0.3, -0.25) is 0 Å². The van der Waals surface area contributed by atoms with Gasteiger partial charge in [0, 0.05) is 30.6 Å². The first-order valence-electron chi connectivity index (χ1n) is 8.88. The van der Waals surface area contributed by atoms with Crippen molar-refractivity contribution in [1.82, 2.24) is 14.7 Å². The molecule has 0 amide bonds. The number of benzene rings is 1. The Morgan fingerprint density at radius 1 is 1.21 bits per heavy atom. The molecule has 0 spiro atoms. The minimum absolute atomic E-state index is 0.0320. The summed E-state index contributed by atoms with van der Waals surface area (Å²) in [7, 11) is -3.36. The zero-order valence-corrected chi connectivity index (χ0v) is 15.9. The van der Waals surface area contributed by atoms with Crippen molar-refractivity contribution in [2.24, 2.45) is 0 Å². The van der Waals surface area contributed by atoms with Crippen LogP contribution in [0.2, 0.25) is 0 Å². The third kappa shape index (κ3) is 4.69. The first kappa shape index (κ1) is 20.7. The van der Waals surface area contributed by atoms with Gasteiger partial charge in [0.1, 0.15) is 11.6 Å². The standard InChI is InChI=1S/C17H20F4N4O2S/c1-2-9-28(26,27)24-12-5-7-25(8-6-12)15-13-4-3-11(18)10-14(13)22-16(23-15)17(19,20)21/h3-4,10,12,24H,2,5-9H2,1H3. The summed E-state index contributed by atoms with van der Waals surface area (Å²) in [6.07, 6.45) is -3.41. The van der Waals surface area contributed by atoms with E-state index >= 15 is 0 Å². The first-order valence-corrected chi connectivity index (χ1v) is 10.5. The van der Waals surface area contributed by atoms with Gasteiger partial charge in [-0.1, -0.05) is 6.92 Å². The summed E-state index contributed by atoms with van der Waals surface area (Å²) in [5.74, 6) is -1.91. The minimum Gasteiger partial charge on any atom is -0.356 e. The largest absolute Gasteiger partial charge is 0.451 e. The highest BCUT2D eigenvalue weighted by Crippen LogP contribution is 2.33. The van der Waals surface area contributed by atoms with Gasteiger partial charge >= 0.3 is 6.18 Å². The fraction of sp³-hybridized carbons (Fsp3) is 0.529. The van der Waals surface area contributed by atoms with Crippen LogP contribution in [-0.4, -0.2) is 43.3 Å². The fourth-order valence-electron chi connectivity index (χ4n) is 3.24. The number of nitrogens with one attached hydrogen (secondary N) is 1. The van der Waals surface area contributed by atoms with E-state index in [1.807, 2.05) is 0 Å². The van der Waals surface area contributed by atoms with Gasteiger partial charge in [-0.25, -0.2) is 27.5 Å². The number of aromatic nitrogens is 2. The zero-order chi connectivity index (χ0) is 20.5. The molecular weight excluding hydrogens is 400 g/mol. The van der Waals surface area contributed by atoms with Crippen molar-refractivity contribution in [2.75, 3.05) is 23.7 Å². The van der Waals surface area contributed by atoms with Crippen molar-refractivity contribution in [3.63, 3.8) is 0 Å². The van der Waals surface area contributed by atoms with E-state index in [0.29, 0.717) is 37.7 Å². The van der Waals surface area contributed by atoms with Crippen LogP contribution in [0.15, 0.2) is 18.2 Å². The van der Waals surface area contributed by atoms with Gasteiger partial charge in [0.05, 0.1) is 11.3 Å². The van der Waals surface area contributed by atoms with Gasteiger partial charge < -0.3 is 4.90 Å². The highest BCUT2D eigenvalue weighted by atomic mass is 32.2. The lowest BCUT2D eigenvalue weighted by molar-refractivity contribution is -0.144. The Balaban J connectivity index is 1.86. The molecule has 0 atom stereocenters. The molecule has 0 unspecified atom stereocenters. The molecule has 1 saturated heterocycles. The molecule has 0 aliphatic carbocycles. The number of piperidine rings is 1. The maximum Gasteiger partial charge on any atom is 0.451 e. The number of rotatable bonds is 5. The van der Waals surface area contributed by atoms with Crippen LogP contribution in [-0.2, 0) is 16.2 Å². The molecule has 0 bridgehead atoms. The summed E-state index contributed by atoms with van der Waals surface area (Å²) in [5, 5.41) is 0.319. The molecule has 1 N–H and O–H groups in total. The molecule has 3 rings (SSSR count). The number of alkyl halides is 3. The van der Waals surface area contributed by atoms with Crippen LogP contribution in [0.25, 0.3) is 10.9 Å². The number of hydrogen-bond acceptors (Lipinski definition) is 5. The van der Waals surface area contributed by atoms with Crippen molar-refractivity contribution in [3.8, 4) is 0 Å². The van der Waals surface area contributed by atoms with Gasteiger partial charge in [-0.2, -0.15) is 13.2 Å². The van der Waals surface area contributed by atoms with Crippen LogP contribution in [0.1, 0.15) is 32.0 Å². The predicted octanol–water partition coefficient (Wildman–Crippen LogP) is 3.09. The summed E-state index contributed by atoms with van der Waals surface area (Å²) in [5.41, 5.74) is -0.122. The molecule has 1 aromatic carbocycles. The average Bonchev–Trinajstić information content (AvgIpc) is 2.60. The number of anilines is 1. The Labute approximate surface area is 160 Å². The third-order valence-corrected chi connectivity index (χ3v) is 6.14. The van der Waals surface area contributed by atoms with Gasteiger partial charge in [0.2, 0.25) is 15.8 Å². The van der Waals surface area contributed by atoms with Crippen LogP contribution in [0.5, 0.6) is 0 Å². The number of halogens is 4. The summed E-state index contributed by atoms with van der Waals surface area (Å²) in [6.45, 7) is 2.41. The zero-order valence-electron chi connectivity index (χ0n) is 15.1. The van der Waals surface area contributed by atoms with Crippen LogP contribution < -0.4 is 9.62 Å². The van der Waals surface area contributed by atoms with Crippen molar-refractivity contribution < 1.29 is 26.0 Å². The van der Waals surface area contributed by atoms with E-state index in [2.05, 4.69) is 14.7 Å². The van der Waals surface area contributed by atoms with Gasteiger partial charge in [0.25, 0.3) is 0 Å². The number of sulfonamides is 1. The molecule has 154 valence electrons. The van der Waals surface area contributed by atoms with E-state index in [0.717, 1.165) is 12.1 Å². The molecule has 1 fully saturated rings. The Bertz CT molecular complexity index is 958. The number of fused-ring (bicyclic) bond motifs is 1. The SMILES string of the molecule is CCCS(=O)(=O)NC1CCN(c2nc(C(F)(F)F)nc3cc(F)ccc23)CC1. The van der Waals surface area contributed by atoms with Crippen LogP contribution in [0.3, 0.4) is 0 Å². The summed E-state index contributed by atoms with van der Waals surface area (Å²) >= 11 is 0. The van der Waals surface area contributed by atoms with Crippen molar-refractivity contribution in [3.05, 3.63) is 29.8 Å². The third-order valence-electron chi connectivity index (χ3n) is 4.51. The maximum atomic E-state index is 13.5. The van der Waals surface area contributed by atoms with Gasteiger partial charge in [-0.15, -0.1) is 0 Å². The Kier molecular flexibility index (Phi) is 5.76. The lowest BCUT2D eigenvalue weighted by atomic mass is 10.1. The van der Waals surface area contributed by atoms with Crippen LogP contribution in [0, 0.1) is 5.82 Å². The second-order valence-electron chi connectivity index (χ2n) is 6.73. The lowest BCUT2D eigenvalue weighted by Gasteiger charge is -2.33. The maximum absolute atomic E-state index is 13.5. The highest BCUT2D eigenvalue weighted by Gasteiger charge is 2.36. The topological polar surface area (TPSA) is 75.2 Å². The minimum atomic E-state index is -4.76. The van der Waals surface area contributed by atoms with Gasteiger partial charge in [0.15, 0.2) is 0 Å². The summed E-state index contributed by atoms with van der Waals surface area (Å²) in [4.78, 5) is 8.79. The Morgan fingerprint density at radius 3 is 2.50 bits per heavy atom. The molecular formula is C17H20F4N4O2S. The number of hydrogen-bond donors (Lipinski definition) is 1. The summed E-state index contributed by atoms with van der Waals surface area (Å²) in [6, 6.07) is 3.17. The monoisotopic (exact) mass is 420 g/mol. The molecule has 1 aliphatic heterocycles. The molecule has 0 radical (unpaired) electrons. The number of nitrogens with zero attached hydrogens (tertiary/aromatic N) is 3. The second kappa shape index (κ2) is 7.78. The molecule has 11 heteroatoms. The molecule has 1 aliphatic rings. The van der Waals surface area contributed by atoms with E-state index in [4.69, 9.17) is 0 Å². The Morgan fingerprint density at radius 2 is 1.89 bits per heavy atom. The average molecular weight is 420 g/mol. The predicted molar refractivity (Wildman–Crippen MR) is 96.9 cm³/mol. The highest BCUT2D eigenvalue weighted by molar-refractivity contribution is 7.89. The van der Waals surface area contributed by atoms with Crippen LogP contribution in [0.4, 0.5) is 23.4 Å².